The van der Waals surface area contributed by atoms with Crippen molar-refractivity contribution in [2.45, 2.75) is 107 Å². The molecule has 7 heteroatoms. The van der Waals surface area contributed by atoms with Crippen molar-refractivity contribution in [2.75, 3.05) is 26.2 Å². The first kappa shape index (κ1) is 41.1. The van der Waals surface area contributed by atoms with Gasteiger partial charge in [0.15, 0.2) is 0 Å². The fourth-order valence-corrected chi connectivity index (χ4v) is 2.22. The van der Waals surface area contributed by atoms with Gasteiger partial charge in [0.1, 0.15) is 0 Å². The minimum Gasteiger partial charge on any atom is -0.677 e. The third-order valence-electron chi connectivity index (χ3n) is 3.65. The molecule has 0 aromatic rings. The Labute approximate surface area is 208 Å². The van der Waals surface area contributed by atoms with E-state index in [2.05, 4.69) is 104 Å². The molecule has 0 atom stereocenters. The first-order valence-electron chi connectivity index (χ1n) is 11.2. The van der Waals surface area contributed by atoms with E-state index in [0.717, 1.165) is 51.9 Å². The summed E-state index contributed by atoms with van der Waals surface area (Å²) in [6, 6.07) is 0. The van der Waals surface area contributed by atoms with E-state index in [4.69, 9.17) is 9.59 Å². The van der Waals surface area contributed by atoms with Crippen LogP contribution in [0.1, 0.15) is 94.9 Å². The average Bonchev–Trinajstić information content (AvgIpc) is 2.70. The van der Waals surface area contributed by atoms with Crippen LogP contribution < -0.4 is 0 Å². The minimum absolute atomic E-state index is 0. The van der Waals surface area contributed by atoms with Crippen LogP contribution in [0.3, 0.4) is 0 Å². The molecule has 0 saturated heterocycles. The molecule has 6 nitrogen and oxygen atoms in total. The summed E-state index contributed by atoms with van der Waals surface area (Å²) in [4.78, 5) is 15.5. The third kappa shape index (κ3) is 29.8. The Kier molecular flexibility index (Phi) is 36.9. The fourth-order valence-electron chi connectivity index (χ4n) is 2.22. The maximum Gasteiger partial charge on any atom is 6.00 e. The third-order valence-corrected chi connectivity index (χ3v) is 3.65. The van der Waals surface area contributed by atoms with Gasteiger partial charge in [-0.05, 0) is 0 Å². The summed E-state index contributed by atoms with van der Waals surface area (Å²) >= 11 is 0. The van der Waals surface area contributed by atoms with E-state index in [1.54, 1.807) is 0 Å². The number of carbonyl (C=O) groups excluding carboxylic acids is 2. The molecule has 0 aromatic carbocycles. The zero-order valence-electron chi connectivity index (χ0n) is 21.9. The van der Waals surface area contributed by atoms with E-state index in [1.165, 1.54) is 0 Å². The minimum atomic E-state index is 0. The summed E-state index contributed by atoms with van der Waals surface area (Å²) in [6.07, 6.45) is 4.85. The van der Waals surface area contributed by atoms with Crippen LogP contribution in [0.25, 0.3) is 21.3 Å². The summed E-state index contributed by atoms with van der Waals surface area (Å²) in [5, 5.41) is 18.3. The maximum atomic E-state index is 7.75. The first-order valence-corrected chi connectivity index (χ1v) is 11.2. The van der Waals surface area contributed by atoms with Gasteiger partial charge in [-0.1, -0.05) is 106 Å². The van der Waals surface area contributed by atoms with Crippen molar-refractivity contribution in [2.24, 2.45) is 10.8 Å². The molecule has 0 bridgehead atoms. The average molecular weight is 528 g/mol. The second-order valence-electron chi connectivity index (χ2n) is 9.10. The molecule has 0 amide bonds. The van der Waals surface area contributed by atoms with Gasteiger partial charge in [0.2, 0.25) is 0 Å². The van der Waals surface area contributed by atoms with E-state index < -0.39 is 0 Å². The van der Waals surface area contributed by atoms with Crippen molar-refractivity contribution >= 4 is 13.6 Å². The molecule has 0 saturated carbocycles. The molecule has 0 rings (SSSR count). The molecule has 0 N–H and O–H groups in total. The summed E-state index contributed by atoms with van der Waals surface area (Å²) in [5.74, 6) is 0. The Bertz CT molecular complexity index is 287. The zero-order chi connectivity index (χ0) is 24.6. The van der Waals surface area contributed by atoms with Crippen LogP contribution in [-0.4, -0.2) is 52.1 Å². The topological polar surface area (TPSA) is 90.5 Å². The monoisotopic (exact) mass is 528 g/mol. The number of rotatable bonds is 12. The summed E-state index contributed by atoms with van der Waals surface area (Å²) < 4.78 is 0. The first-order chi connectivity index (χ1) is 14.0. The van der Waals surface area contributed by atoms with E-state index >= 15 is 0 Å². The van der Waals surface area contributed by atoms with Crippen LogP contribution in [0.5, 0.6) is 0 Å². The molecular weight excluding hydrogens is 477 g/mol. The van der Waals surface area contributed by atoms with Crippen LogP contribution in [0.4, 0.5) is 0 Å². The van der Waals surface area contributed by atoms with E-state index in [1.807, 2.05) is 0 Å². The smallest absolute Gasteiger partial charge is 0.677 e. The van der Waals surface area contributed by atoms with Crippen LogP contribution in [0, 0.1) is 10.8 Å². The maximum absolute atomic E-state index is 7.75. The number of hydrogen-bond acceptors (Lipinski definition) is 2. The quantitative estimate of drug-likeness (QED) is 0.151. The Morgan fingerprint density at radius 3 is 0.774 bits per heavy atom. The van der Waals surface area contributed by atoms with Crippen LogP contribution in [0.15, 0.2) is 0 Å². The molecule has 186 valence electrons. The van der Waals surface area contributed by atoms with Crippen molar-refractivity contribution < 1.29 is 29.1 Å². The Balaban J connectivity index is -0.000000122. The van der Waals surface area contributed by atoms with Crippen LogP contribution >= 0.6 is 0 Å². The van der Waals surface area contributed by atoms with Crippen molar-refractivity contribution in [3.8, 4) is 0 Å². The Hall–Kier alpha value is -0.197. The largest absolute Gasteiger partial charge is 6.00 e. The van der Waals surface area contributed by atoms with Crippen molar-refractivity contribution in [3.05, 3.63) is 21.3 Å². The van der Waals surface area contributed by atoms with Gasteiger partial charge in [-0.3, -0.25) is 13.6 Å². The van der Waals surface area contributed by atoms with Crippen LogP contribution in [-0.2, 0) is 29.1 Å². The second-order valence-corrected chi connectivity index (χ2v) is 9.10. The summed E-state index contributed by atoms with van der Waals surface area (Å²) in [5.41, 5.74) is 0.370. The SMILES string of the molecule is CCC[N-]C([N-]CCC)C(C)(C)C.CCC[N-]C([N-]CCC)C(C)(C)C.[CH-]=O.[CH-]=O.[Ru+6]. The van der Waals surface area contributed by atoms with Crippen LogP contribution in [0.2, 0.25) is 0 Å². The van der Waals surface area contributed by atoms with Gasteiger partial charge in [-0.2, -0.15) is 26.2 Å². The Morgan fingerprint density at radius 1 is 0.516 bits per heavy atom. The van der Waals surface area contributed by atoms with E-state index in [9.17, 15) is 0 Å². The molecule has 0 aliphatic heterocycles. The normalized spacial score (nSPS) is 10.7. The Morgan fingerprint density at radius 2 is 0.677 bits per heavy atom. The molecule has 0 spiro atoms. The molecule has 0 heterocycles. The van der Waals surface area contributed by atoms with Gasteiger partial charge in [-0.15, -0.1) is 0 Å². The zero-order valence-corrected chi connectivity index (χ0v) is 23.7. The van der Waals surface area contributed by atoms with Gasteiger partial charge >= 0.3 is 19.5 Å². The van der Waals surface area contributed by atoms with Gasteiger partial charge in [0.25, 0.3) is 0 Å². The van der Waals surface area contributed by atoms with E-state index in [-0.39, 0.29) is 42.6 Å². The molecule has 0 aromatic heterocycles. The molecular formula is C24H50N4O2Ru. The standard InChI is InChI=1S/2C11H24N2.2CHO.Ru/c2*1-6-8-12-10(11(3,4)5)13-9-7-2;2*1-2;/h2*10H,6-9H2,1-5H3;2*1H;/q2*-2;2*-1;+6. The molecule has 0 aliphatic rings. The number of nitrogens with zero attached hydrogens (tertiary/aromatic N) is 4. The second kappa shape index (κ2) is 27.8. The van der Waals surface area contributed by atoms with Crippen molar-refractivity contribution in [1.29, 1.82) is 0 Å². The molecule has 0 fully saturated rings. The number of hydrogen-bond donors (Lipinski definition) is 0. The van der Waals surface area contributed by atoms with E-state index in [0.29, 0.717) is 0 Å². The van der Waals surface area contributed by atoms with Gasteiger partial charge in [0, 0.05) is 0 Å². The summed E-state index contributed by atoms with van der Waals surface area (Å²) in [6.45, 7) is 32.1. The molecule has 0 unspecified atom stereocenters. The molecule has 0 radical (unpaired) electrons. The van der Waals surface area contributed by atoms with Gasteiger partial charge < -0.3 is 30.9 Å². The van der Waals surface area contributed by atoms with Crippen molar-refractivity contribution in [1.82, 2.24) is 0 Å². The fraction of sp³-hybridized carbons (Fsp3) is 0.917. The predicted octanol–water partition coefficient (Wildman–Crippen LogP) is 7.30. The van der Waals surface area contributed by atoms with Gasteiger partial charge in [0.05, 0.1) is 0 Å². The van der Waals surface area contributed by atoms with Gasteiger partial charge in [-0.25, -0.2) is 12.3 Å². The van der Waals surface area contributed by atoms with Crippen molar-refractivity contribution in [3.63, 3.8) is 0 Å². The summed E-state index contributed by atoms with van der Waals surface area (Å²) in [7, 11) is 0. The molecule has 0 aliphatic carbocycles. The molecule has 31 heavy (non-hydrogen) atoms. The predicted molar refractivity (Wildman–Crippen MR) is 134 cm³/mol.